The largest absolute Gasteiger partial charge is 0.335 e. The summed E-state index contributed by atoms with van der Waals surface area (Å²) < 4.78 is 2.05. The molecule has 6 nitrogen and oxygen atoms in total. The average molecular weight is 396 g/mol. The van der Waals surface area contributed by atoms with Crippen molar-refractivity contribution >= 4 is 35.0 Å². The summed E-state index contributed by atoms with van der Waals surface area (Å²) in [4.78, 5) is 17.1. The van der Waals surface area contributed by atoms with Crippen LogP contribution in [0.3, 0.4) is 0 Å². The molecule has 0 saturated carbocycles. The molecule has 0 bridgehead atoms. The van der Waals surface area contributed by atoms with Crippen LogP contribution in [-0.2, 0) is 7.05 Å². The summed E-state index contributed by atoms with van der Waals surface area (Å²) in [6, 6.07) is 10.7. The lowest BCUT2D eigenvalue weighted by Crippen LogP contribution is -2.26. The molecule has 2 aromatic heterocycles. The minimum absolute atomic E-state index is 0. The number of benzene rings is 1. The molecule has 4 rings (SSSR count). The highest BCUT2D eigenvalue weighted by molar-refractivity contribution is 6.05. The smallest absolute Gasteiger partial charge is 0.255 e. The summed E-state index contributed by atoms with van der Waals surface area (Å²) in [5, 5.41) is 16.4. The van der Waals surface area contributed by atoms with E-state index in [1.807, 2.05) is 13.1 Å². The maximum absolute atomic E-state index is 12.5. The van der Waals surface area contributed by atoms with Gasteiger partial charge in [0.05, 0.1) is 23.5 Å². The van der Waals surface area contributed by atoms with E-state index in [1.54, 1.807) is 30.5 Å². The van der Waals surface area contributed by atoms with E-state index in [0.717, 1.165) is 37.0 Å². The van der Waals surface area contributed by atoms with Crippen molar-refractivity contribution in [2.24, 2.45) is 7.05 Å². The number of hydrogen-bond donors (Lipinski definition) is 2. The number of nitrogens with one attached hydrogen (secondary N) is 2. The van der Waals surface area contributed by atoms with Gasteiger partial charge in [-0.2, -0.15) is 5.26 Å². The van der Waals surface area contributed by atoms with Crippen molar-refractivity contribution in [2.45, 2.75) is 18.8 Å². The number of carbonyl (C=O) groups excluding carboxylic acids is 1. The number of aryl methyl sites for hydroxylation is 1. The summed E-state index contributed by atoms with van der Waals surface area (Å²) in [7, 11) is 2.01. The zero-order valence-corrected chi connectivity index (χ0v) is 16.4. The Labute approximate surface area is 170 Å². The number of hydrogen-bond acceptors (Lipinski definition) is 4. The van der Waals surface area contributed by atoms with Crippen LogP contribution in [0.2, 0.25) is 0 Å². The highest BCUT2D eigenvalue weighted by Gasteiger charge is 2.20. The van der Waals surface area contributed by atoms with Gasteiger partial charge in [-0.1, -0.05) is 6.07 Å². The van der Waals surface area contributed by atoms with Crippen molar-refractivity contribution in [3.8, 4) is 6.07 Å². The zero-order valence-electron chi connectivity index (χ0n) is 15.6. The lowest BCUT2D eigenvalue weighted by atomic mass is 9.90. The standard InChI is InChI=1S/C21H21N5O.ClH/c1-26-13-19(15-5-7-23-8-6-15)18-10-17(12-24-20(18)26)25-21(27)16-4-2-3-14(9-16)11-22;/h2-4,9-10,12-13,15,23H,5-8H2,1H3,(H,25,27);1H. The lowest BCUT2D eigenvalue weighted by molar-refractivity contribution is 0.102. The number of pyridine rings is 1. The van der Waals surface area contributed by atoms with Gasteiger partial charge in [-0.05, 0) is 61.7 Å². The Morgan fingerprint density at radius 2 is 2.11 bits per heavy atom. The van der Waals surface area contributed by atoms with Gasteiger partial charge in [0, 0.05) is 24.2 Å². The zero-order chi connectivity index (χ0) is 18.8. The molecule has 1 aromatic carbocycles. The Kier molecular flexibility index (Phi) is 5.98. The van der Waals surface area contributed by atoms with Crippen LogP contribution in [0.4, 0.5) is 5.69 Å². The van der Waals surface area contributed by atoms with Gasteiger partial charge in [0.2, 0.25) is 0 Å². The predicted octanol–water partition coefficient (Wildman–Crippen LogP) is 3.59. The fourth-order valence-corrected chi connectivity index (χ4v) is 3.75. The molecule has 3 aromatic rings. The Balaban J connectivity index is 0.00000225. The van der Waals surface area contributed by atoms with Gasteiger partial charge in [0.25, 0.3) is 5.91 Å². The van der Waals surface area contributed by atoms with Crippen molar-refractivity contribution in [3.05, 3.63) is 59.4 Å². The van der Waals surface area contributed by atoms with Gasteiger partial charge in [-0.25, -0.2) is 4.98 Å². The quantitative estimate of drug-likeness (QED) is 0.710. The third-order valence-electron chi connectivity index (χ3n) is 5.14. The van der Waals surface area contributed by atoms with Gasteiger partial charge in [0.1, 0.15) is 5.65 Å². The van der Waals surface area contributed by atoms with E-state index in [1.165, 1.54) is 5.56 Å². The number of amides is 1. The Morgan fingerprint density at radius 1 is 1.32 bits per heavy atom. The van der Waals surface area contributed by atoms with Crippen LogP contribution < -0.4 is 10.6 Å². The van der Waals surface area contributed by atoms with E-state index in [0.29, 0.717) is 22.7 Å². The first-order chi connectivity index (χ1) is 13.2. The van der Waals surface area contributed by atoms with E-state index in [2.05, 4.69) is 32.5 Å². The maximum Gasteiger partial charge on any atom is 0.255 e. The summed E-state index contributed by atoms with van der Waals surface area (Å²) in [6.45, 7) is 2.06. The van der Waals surface area contributed by atoms with Crippen LogP contribution in [0, 0.1) is 11.3 Å². The number of aromatic nitrogens is 2. The van der Waals surface area contributed by atoms with E-state index < -0.39 is 0 Å². The van der Waals surface area contributed by atoms with Crippen LogP contribution >= 0.6 is 12.4 Å². The van der Waals surface area contributed by atoms with Gasteiger partial charge < -0.3 is 15.2 Å². The normalized spacial score (nSPS) is 14.3. The molecule has 1 amide bonds. The van der Waals surface area contributed by atoms with E-state index in [-0.39, 0.29) is 18.3 Å². The van der Waals surface area contributed by atoms with Gasteiger partial charge in [0.15, 0.2) is 0 Å². The van der Waals surface area contributed by atoms with E-state index in [4.69, 9.17) is 5.26 Å². The van der Waals surface area contributed by atoms with Gasteiger partial charge in [-0.15, -0.1) is 12.4 Å². The molecule has 0 radical (unpaired) electrons. The first-order valence-electron chi connectivity index (χ1n) is 9.13. The molecule has 0 unspecified atom stereocenters. The summed E-state index contributed by atoms with van der Waals surface area (Å²) >= 11 is 0. The van der Waals surface area contributed by atoms with Crippen LogP contribution in [0.25, 0.3) is 11.0 Å². The molecule has 1 saturated heterocycles. The third-order valence-corrected chi connectivity index (χ3v) is 5.14. The van der Waals surface area contributed by atoms with E-state index in [9.17, 15) is 4.79 Å². The predicted molar refractivity (Wildman–Crippen MR) is 112 cm³/mol. The van der Waals surface area contributed by atoms with Crippen LogP contribution in [0.1, 0.15) is 40.2 Å². The Hall–Kier alpha value is -2.88. The highest BCUT2D eigenvalue weighted by atomic mass is 35.5. The molecule has 28 heavy (non-hydrogen) atoms. The molecular weight excluding hydrogens is 374 g/mol. The van der Waals surface area contributed by atoms with Crippen LogP contribution in [0.5, 0.6) is 0 Å². The minimum atomic E-state index is -0.243. The molecule has 1 aliphatic heterocycles. The third kappa shape index (κ3) is 3.86. The molecule has 0 spiro atoms. The van der Waals surface area contributed by atoms with Crippen molar-refractivity contribution in [3.63, 3.8) is 0 Å². The van der Waals surface area contributed by atoms with Crippen molar-refractivity contribution in [1.29, 1.82) is 5.26 Å². The molecule has 1 fully saturated rings. The van der Waals surface area contributed by atoms with Crippen molar-refractivity contribution in [2.75, 3.05) is 18.4 Å². The maximum atomic E-state index is 12.5. The minimum Gasteiger partial charge on any atom is -0.335 e. The van der Waals surface area contributed by atoms with Crippen LogP contribution in [0.15, 0.2) is 42.7 Å². The first-order valence-corrected chi connectivity index (χ1v) is 9.13. The summed E-state index contributed by atoms with van der Waals surface area (Å²) in [5.41, 5.74) is 3.81. The monoisotopic (exact) mass is 395 g/mol. The number of piperidine rings is 1. The molecule has 1 aliphatic rings. The SMILES string of the molecule is Cl.Cn1cc(C2CCNCC2)c2cc(NC(=O)c3cccc(C#N)c3)cnc21. The molecule has 0 aliphatic carbocycles. The Bertz CT molecular complexity index is 1050. The number of fused-ring (bicyclic) bond motifs is 1. The molecule has 144 valence electrons. The average Bonchev–Trinajstić information content (AvgIpc) is 3.04. The summed E-state index contributed by atoms with van der Waals surface area (Å²) in [5.74, 6) is 0.266. The number of carbonyl (C=O) groups is 1. The fraction of sp³-hybridized carbons (Fsp3) is 0.286. The second-order valence-electron chi connectivity index (χ2n) is 6.96. The van der Waals surface area contributed by atoms with Crippen LogP contribution in [-0.4, -0.2) is 28.5 Å². The second kappa shape index (κ2) is 8.42. The lowest BCUT2D eigenvalue weighted by Gasteiger charge is -2.22. The number of nitriles is 1. The van der Waals surface area contributed by atoms with E-state index >= 15 is 0 Å². The summed E-state index contributed by atoms with van der Waals surface area (Å²) in [6.07, 6.45) is 6.06. The molecule has 2 N–H and O–H groups in total. The molecule has 0 atom stereocenters. The van der Waals surface area contributed by atoms with Crippen molar-refractivity contribution in [1.82, 2.24) is 14.9 Å². The second-order valence-corrected chi connectivity index (χ2v) is 6.96. The molecular formula is C21H22ClN5O. The first kappa shape index (κ1) is 19.9. The molecule has 7 heteroatoms. The number of halogens is 1. The highest BCUT2D eigenvalue weighted by Crippen LogP contribution is 2.33. The topological polar surface area (TPSA) is 82.7 Å². The fourth-order valence-electron chi connectivity index (χ4n) is 3.75. The van der Waals surface area contributed by atoms with Gasteiger partial charge in [-0.3, -0.25) is 4.79 Å². The number of nitrogens with zero attached hydrogens (tertiary/aromatic N) is 3. The number of anilines is 1. The van der Waals surface area contributed by atoms with Gasteiger partial charge >= 0.3 is 0 Å². The Morgan fingerprint density at radius 3 is 2.86 bits per heavy atom. The molecule has 3 heterocycles. The van der Waals surface area contributed by atoms with Crippen molar-refractivity contribution < 1.29 is 4.79 Å². The number of rotatable bonds is 3.